The molecule has 3 heterocycles. The third-order valence-corrected chi connectivity index (χ3v) is 5.01. The molecule has 0 aliphatic carbocycles. The number of rotatable bonds is 6. The highest BCUT2D eigenvalue weighted by molar-refractivity contribution is 6.06. The Balaban J connectivity index is 1.73. The normalized spacial score (nSPS) is 11.8. The van der Waals surface area contributed by atoms with Crippen LogP contribution in [0.4, 0.5) is 13.2 Å². The maximum Gasteiger partial charge on any atom is 0.573 e. The van der Waals surface area contributed by atoms with Gasteiger partial charge in [0.1, 0.15) is 11.4 Å². The zero-order valence-corrected chi connectivity index (χ0v) is 18.1. The summed E-state index contributed by atoms with van der Waals surface area (Å²) in [6.45, 7) is 3.79. The van der Waals surface area contributed by atoms with Crippen LogP contribution >= 0.6 is 0 Å². The average Bonchev–Trinajstić information content (AvgIpc) is 3.42. The fraction of sp³-hybridized carbons (Fsp3) is 0.261. The molecule has 3 aromatic heterocycles. The quantitative estimate of drug-likeness (QED) is 0.385. The van der Waals surface area contributed by atoms with Gasteiger partial charge in [-0.2, -0.15) is 5.10 Å². The van der Waals surface area contributed by atoms with Gasteiger partial charge in [-0.1, -0.05) is 18.2 Å². The number of carbonyl (C=O) groups is 1. The SMILES string of the molecule is CC(C)n1ncc2c(C(=O)N(C)Cc3ccccc3OC(F)(F)F)cc(-c3ccco3)nc21. The number of pyridine rings is 1. The molecule has 10 heteroatoms. The molecule has 0 spiro atoms. The predicted octanol–water partition coefficient (Wildman–Crippen LogP) is 5.44. The number of nitrogens with zero attached hydrogens (tertiary/aromatic N) is 4. The summed E-state index contributed by atoms with van der Waals surface area (Å²) in [6.07, 6.45) is -1.76. The standard InChI is InChI=1S/C23H21F3N4O3/c1-14(2)30-21-17(12-27-30)16(11-18(28-21)20-9-6-10-32-20)22(31)29(3)13-15-7-4-5-8-19(15)33-23(24,25)26/h4-12,14H,13H2,1-3H3. The second kappa shape index (κ2) is 8.61. The summed E-state index contributed by atoms with van der Waals surface area (Å²) in [6, 6.07) is 10.8. The first-order valence-corrected chi connectivity index (χ1v) is 10.2. The minimum Gasteiger partial charge on any atom is -0.463 e. The Hall–Kier alpha value is -3.82. The number of hydrogen-bond acceptors (Lipinski definition) is 5. The predicted molar refractivity (Wildman–Crippen MR) is 115 cm³/mol. The molecule has 1 amide bonds. The molecular formula is C23H21F3N4O3. The van der Waals surface area contributed by atoms with Crippen molar-refractivity contribution < 1.29 is 27.1 Å². The third kappa shape index (κ3) is 4.69. The first kappa shape index (κ1) is 22.4. The average molecular weight is 458 g/mol. The van der Waals surface area contributed by atoms with Crippen molar-refractivity contribution in [3.8, 4) is 17.2 Å². The second-order valence-corrected chi connectivity index (χ2v) is 7.77. The molecule has 33 heavy (non-hydrogen) atoms. The molecule has 0 unspecified atom stereocenters. The largest absolute Gasteiger partial charge is 0.573 e. The summed E-state index contributed by atoms with van der Waals surface area (Å²) in [5.41, 5.74) is 1.50. The van der Waals surface area contributed by atoms with Gasteiger partial charge in [-0.15, -0.1) is 13.2 Å². The van der Waals surface area contributed by atoms with Gasteiger partial charge in [-0.3, -0.25) is 4.79 Å². The number of alkyl halides is 3. The maximum absolute atomic E-state index is 13.4. The van der Waals surface area contributed by atoms with Crippen LogP contribution in [0, 0.1) is 0 Å². The van der Waals surface area contributed by atoms with Crippen LogP contribution in [0.15, 0.2) is 59.3 Å². The van der Waals surface area contributed by atoms with E-state index in [9.17, 15) is 18.0 Å². The number of amides is 1. The summed E-state index contributed by atoms with van der Waals surface area (Å²) >= 11 is 0. The van der Waals surface area contributed by atoms with E-state index in [-0.39, 0.29) is 23.9 Å². The fourth-order valence-corrected chi connectivity index (χ4v) is 3.52. The lowest BCUT2D eigenvalue weighted by molar-refractivity contribution is -0.275. The molecule has 0 fully saturated rings. The van der Waals surface area contributed by atoms with Crippen LogP contribution in [0.2, 0.25) is 0 Å². The summed E-state index contributed by atoms with van der Waals surface area (Å²) in [5.74, 6) is -0.275. The molecule has 0 aliphatic heterocycles. The monoisotopic (exact) mass is 458 g/mol. The number of halogens is 3. The molecular weight excluding hydrogens is 437 g/mol. The van der Waals surface area contributed by atoms with E-state index in [1.165, 1.54) is 36.4 Å². The van der Waals surface area contributed by atoms with Crippen LogP contribution in [0.3, 0.4) is 0 Å². The molecule has 172 valence electrons. The van der Waals surface area contributed by atoms with E-state index in [2.05, 4.69) is 14.8 Å². The Kier molecular flexibility index (Phi) is 5.84. The number of ether oxygens (including phenoxy) is 1. The summed E-state index contributed by atoms with van der Waals surface area (Å²) in [4.78, 5) is 19.4. The number of hydrogen-bond donors (Lipinski definition) is 0. The maximum atomic E-state index is 13.4. The minimum atomic E-state index is -4.83. The van der Waals surface area contributed by atoms with Crippen molar-refractivity contribution in [2.75, 3.05) is 7.05 Å². The number of fused-ring (bicyclic) bond motifs is 1. The van der Waals surface area contributed by atoms with Gasteiger partial charge in [0.25, 0.3) is 5.91 Å². The van der Waals surface area contributed by atoms with E-state index < -0.39 is 12.3 Å². The van der Waals surface area contributed by atoms with Gasteiger partial charge in [-0.05, 0) is 38.1 Å². The van der Waals surface area contributed by atoms with Gasteiger partial charge in [0.2, 0.25) is 0 Å². The molecule has 0 aliphatic rings. The lowest BCUT2D eigenvalue weighted by atomic mass is 10.1. The third-order valence-electron chi connectivity index (χ3n) is 5.01. The van der Waals surface area contributed by atoms with E-state index in [1.54, 1.807) is 35.1 Å². The van der Waals surface area contributed by atoms with Crippen LogP contribution < -0.4 is 4.74 Å². The lowest BCUT2D eigenvalue weighted by Gasteiger charge is -2.20. The van der Waals surface area contributed by atoms with E-state index >= 15 is 0 Å². The molecule has 0 saturated carbocycles. The van der Waals surface area contributed by atoms with Crippen LogP contribution in [-0.4, -0.2) is 39.0 Å². The Bertz CT molecular complexity index is 1280. The second-order valence-electron chi connectivity index (χ2n) is 7.77. The Morgan fingerprint density at radius 1 is 1.21 bits per heavy atom. The summed E-state index contributed by atoms with van der Waals surface area (Å²) < 4.78 is 49.6. The van der Waals surface area contributed by atoms with Gasteiger partial charge in [0, 0.05) is 25.2 Å². The smallest absolute Gasteiger partial charge is 0.463 e. The highest BCUT2D eigenvalue weighted by atomic mass is 19.4. The van der Waals surface area contributed by atoms with Crippen molar-refractivity contribution in [1.82, 2.24) is 19.7 Å². The van der Waals surface area contributed by atoms with Crippen LogP contribution in [-0.2, 0) is 6.54 Å². The molecule has 1 aromatic carbocycles. The molecule has 0 saturated heterocycles. The van der Waals surface area contributed by atoms with Gasteiger partial charge in [0.05, 0.1) is 23.4 Å². The summed E-state index contributed by atoms with van der Waals surface area (Å²) in [5, 5.41) is 4.90. The fourth-order valence-electron chi connectivity index (χ4n) is 3.52. The van der Waals surface area contributed by atoms with E-state index in [0.29, 0.717) is 28.1 Å². The van der Waals surface area contributed by atoms with Gasteiger partial charge in [0.15, 0.2) is 11.4 Å². The van der Waals surface area contributed by atoms with Gasteiger partial charge >= 0.3 is 6.36 Å². The number of benzene rings is 1. The first-order valence-electron chi connectivity index (χ1n) is 10.2. The zero-order chi connectivity index (χ0) is 23.8. The Morgan fingerprint density at radius 3 is 2.64 bits per heavy atom. The van der Waals surface area contributed by atoms with Crippen LogP contribution in [0.1, 0.15) is 35.8 Å². The van der Waals surface area contributed by atoms with Crippen LogP contribution in [0.5, 0.6) is 5.75 Å². The molecule has 0 bridgehead atoms. The van der Waals surface area contributed by atoms with Crippen molar-refractivity contribution in [3.63, 3.8) is 0 Å². The number of carbonyl (C=O) groups excluding carboxylic acids is 1. The molecule has 4 rings (SSSR count). The van der Waals surface area contributed by atoms with Gasteiger partial charge < -0.3 is 14.1 Å². The number of furan rings is 1. The van der Waals surface area contributed by atoms with Crippen LogP contribution in [0.25, 0.3) is 22.5 Å². The van der Waals surface area contributed by atoms with Crippen molar-refractivity contribution in [1.29, 1.82) is 0 Å². The Morgan fingerprint density at radius 2 is 1.97 bits per heavy atom. The highest BCUT2D eigenvalue weighted by Gasteiger charge is 2.32. The van der Waals surface area contributed by atoms with Crippen molar-refractivity contribution in [3.05, 3.63) is 66.1 Å². The van der Waals surface area contributed by atoms with Gasteiger partial charge in [-0.25, -0.2) is 9.67 Å². The number of aromatic nitrogens is 3. The lowest BCUT2D eigenvalue weighted by Crippen LogP contribution is -2.27. The minimum absolute atomic E-state index is 0.00562. The molecule has 0 N–H and O–H groups in total. The van der Waals surface area contributed by atoms with E-state index in [4.69, 9.17) is 4.42 Å². The molecule has 0 atom stereocenters. The zero-order valence-electron chi connectivity index (χ0n) is 18.1. The van der Waals surface area contributed by atoms with Crippen molar-refractivity contribution in [2.24, 2.45) is 0 Å². The Labute approximate surface area is 187 Å². The molecule has 4 aromatic rings. The topological polar surface area (TPSA) is 73.4 Å². The summed E-state index contributed by atoms with van der Waals surface area (Å²) in [7, 11) is 1.51. The van der Waals surface area contributed by atoms with E-state index in [1.807, 2.05) is 13.8 Å². The van der Waals surface area contributed by atoms with E-state index in [0.717, 1.165) is 0 Å². The van der Waals surface area contributed by atoms with Crippen molar-refractivity contribution in [2.45, 2.75) is 32.8 Å². The first-order chi connectivity index (χ1) is 15.6. The van der Waals surface area contributed by atoms with Crippen molar-refractivity contribution >= 4 is 16.9 Å². The molecule has 0 radical (unpaired) electrons. The highest BCUT2D eigenvalue weighted by Crippen LogP contribution is 2.30. The molecule has 7 nitrogen and oxygen atoms in total. The number of para-hydroxylation sites is 1.